The zero-order chi connectivity index (χ0) is 26.9. The van der Waals surface area contributed by atoms with Gasteiger partial charge in [-0.05, 0) is 68.5 Å². The molecule has 2 amide bonds. The molecule has 0 bridgehead atoms. The van der Waals surface area contributed by atoms with Gasteiger partial charge in [-0.15, -0.1) is 0 Å². The van der Waals surface area contributed by atoms with E-state index in [9.17, 15) is 22.4 Å². The van der Waals surface area contributed by atoms with Crippen LogP contribution in [0.2, 0.25) is 0 Å². The Labute approximate surface area is 214 Å². The molecule has 0 unspecified atom stereocenters. The number of hydrogen-bond donors (Lipinski definition) is 1. The van der Waals surface area contributed by atoms with Crippen molar-refractivity contribution in [3.05, 3.63) is 65.5 Å². The maximum absolute atomic E-state index is 13.4. The fraction of sp³-hybridized carbons (Fsp3) is 0.481. The molecule has 2 aromatic carbocycles. The highest BCUT2D eigenvalue weighted by Gasteiger charge is 2.29. The van der Waals surface area contributed by atoms with Gasteiger partial charge in [0.1, 0.15) is 11.9 Å². The molecular weight excluding hydrogens is 481 g/mol. The van der Waals surface area contributed by atoms with Crippen molar-refractivity contribution in [3.63, 3.8) is 0 Å². The first kappa shape index (κ1) is 29.3. The van der Waals surface area contributed by atoms with Crippen molar-refractivity contribution in [2.24, 2.45) is 0 Å². The summed E-state index contributed by atoms with van der Waals surface area (Å²) in [4.78, 5) is 27.7. The van der Waals surface area contributed by atoms with E-state index in [0.717, 1.165) is 18.2 Å². The smallest absolute Gasteiger partial charge is 0.243 e. The predicted octanol–water partition coefficient (Wildman–Crippen LogP) is 4.27. The van der Waals surface area contributed by atoms with E-state index in [0.29, 0.717) is 17.7 Å². The van der Waals surface area contributed by atoms with Gasteiger partial charge >= 0.3 is 0 Å². The molecule has 0 spiro atoms. The lowest BCUT2D eigenvalue weighted by Crippen LogP contribution is -2.50. The summed E-state index contributed by atoms with van der Waals surface area (Å²) >= 11 is 0. The van der Waals surface area contributed by atoms with Crippen LogP contribution in [-0.2, 0) is 32.6 Å². The second kappa shape index (κ2) is 13.4. The standard InChI is InChI=1S/C27H38FN3O4S/c1-6-21-12-16-24(17-13-21)31(36(5,34)35)18-8-9-26(32)30(19-22-10-14-23(28)15-11-22)25(7-2)27(33)29-20(3)4/h10-17,20,25H,6-9,18-19H2,1-5H3,(H,29,33)/t25-/m1/s1. The van der Waals surface area contributed by atoms with Gasteiger partial charge in [0.15, 0.2) is 0 Å². The van der Waals surface area contributed by atoms with Crippen molar-refractivity contribution >= 4 is 27.5 Å². The summed E-state index contributed by atoms with van der Waals surface area (Å²) in [5.41, 5.74) is 2.35. The van der Waals surface area contributed by atoms with Crippen LogP contribution in [0.3, 0.4) is 0 Å². The molecule has 0 saturated carbocycles. The van der Waals surface area contributed by atoms with Gasteiger partial charge in [-0.3, -0.25) is 13.9 Å². The minimum Gasteiger partial charge on any atom is -0.352 e. The Bertz CT molecular complexity index is 1100. The van der Waals surface area contributed by atoms with E-state index >= 15 is 0 Å². The SMILES string of the molecule is CCc1ccc(N(CCCC(=O)N(Cc2ccc(F)cc2)[C@H](CC)C(=O)NC(C)C)S(C)(=O)=O)cc1. The summed E-state index contributed by atoms with van der Waals surface area (Å²) in [7, 11) is -3.55. The van der Waals surface area contributed by atoms with Crippen molar-refractivity contribution in [1.82, 2.24) is 10.2 Å². The largest absolute Gasteiger partial charge is 0.352 e. The minimum absolute atomic E-state index is 0.0612. The van der Waals surface area contributed by atoms with E-state index < -0.39 is 16.1 Å². The Morgan fingerprint density at radius 3 is 2.06 bits per heavy atom. The van der Waals surface area contributed by atoms with Gasteiger partial charge < -0.3 is 10.2 Å². The maximum Gasteiger partial charge on any atom is 0.243 e. The van der Waals surface area contributed by atoms with E-state index in [-0.39, 0.29) is 49.6 Å². The molecule has 1 N–H and O–H groups in total. The molecule has 0 saturated heterocycles. The van der Waals surface area contributed by atoms with Crippen LogP contribution in [0.4, 0.5) is 10.1 Å². The monoisotopic (exact) mass is 519 g/mol. The van der Waals surface area contributed by atoms with Crippen molar-refractivity contribution in [3.8, 4) is 0 Å². The Hall–Kier alpha value is -2.94. The first-order valence-electron chi connectivity index (χ1n) is 12.4. The minimum atomic E-state index is -3.55. The number of halogens is 1. The third-order valence-corrected chi connectivity index (χ3v) is 7.06. The van der Waals surface area contributed by atoms with Crippen molar-refractivity contribution in [2.45, 2.75) is 72.0 Å². The number of nitrogens with zero attached hydrogens (tertiary/aromatic N) is 2. The summed E-state index contributed by atoms with van der Waals surface area (Å²) in [5, 5.41) is 2.87. The zero-order valence-corrected chi connectivity index (χ0v) is 22.6. The van der Waals surface area contributed by atoms with Crippen LogP contribution in [0.25, 0.3) is 0 Å². The number of benzene rings is 2. The molecule has 2 rings (SSSR count). The molecule has 0 aliphatic carbocycles. The molecule has 0 aliphatic rings. The summed E-state index contributed by atoms with van der Waals surface area (Å²) in [5.74, 6) is -0.898. The van der Waals surface area contributed by atoms with Gasteiger partial charge in [0, 0.05) is 25.6 Å². The normalized spacial score (nSPS) is 12.3. The van der Waals surface area contributed by atoms with Gasteiger partial charge in [0.25, 0.3) is 0 Å². The molecule has 0 radical (unpaired) electrons. The number of rotatable bonds is 13. The van der Waals surface area contributed by atoms with Crippen LogP contribution in [0.5, 0.6) is 0 Å². The molecular formula is C27H38FN3O4S. The number of nitrogens with one attached hydrogen (secondary N) is 1. The van der Waals surface area contributed by atoms with E-state index in [1.54, 1.807) is 24.3 Å². The van der Waals surface area contributed by atoms with Gasteiger partial charge in [-0.1, -0.05) is 38.1 Å². The van der Waals surface area contributed by atoms with E-state index in [4.69, 9.17) is 0 Å². The lowest BCUT2D eigenvalue weighted by molar-refractivity contribution is -0.141. The summed E-state index contributed by atoms with van der Waals surface area (Å²) in [6, 6.07) is 12.4. The molecule has 1 atom stereocenters. The average Bonchev–Trinajstić information content (AvgIpc) is 2.81. The van der Waals surface area contributed by atoms with Crippen LogP contribution in [0.15, 0.2) is 48.5 Å². The molecule has 0 aromatic heterocycles. The lowest BCUT2D eigenvalue weighted by Gasteiger charge is -2.31. The summed E-state index contributed by atoms with van der Waals surface area (Å²) < 4.78 is 39.6. The molecule has 7 nitrogen and oxygen atoms in total. The summed E-state index contributed by atoms with van der Waals surface area (Å²) in [6.07, 6.45) is 2.74. The van der Waals surface area contributed by atoms with Crippen LogP contribution in [-0.4, -0.2) is 50.0 Å². The highest BCUT2D eigenvalue weighted by molar-refractivity contribution is 7.92. The molecule has 9 heteroatoms. The lowest BCUT2D eigenvalue weighted by atomic mass is 10.1. The Morgan fingerprint density at radius 2 is 1.56 bits per heavy atom. The number of amides is 2. The van der Waals surface area contributed by atoms with Gasteiger partial charge in [-0.2, -0.15) is 0 Å². The fourth-order valence-corrected chi connectivity index (χ4v) is 4.95. The van der Waals surface area contributed by atoms with Crippen LogP contribution in [0, 0.1) is 5.82 Å². The Balaban J connectivity index is 2.20. The third-order valence-electron chi connectivity index (χ3n) is 5.87. The predicted molar refractivity (Wildman–Crippen MR) is 142 cm³/mol. The molecule has 198 valence electrons. The second-order valence-corrected chi connectivity index (χ2v) is 11.1. The van der Waals surface area contributed by atoms with Crippen LogP contribution in [0.1, 0.15) is 58.1 Å². The third kappa shape index (κ3) is 8.62. The molecule has 2 aromatic rings. The maximum atomic E-state index is 13.4. The van der Waals surface area contributed by atoms with Gasteiger partial charge in [0.2, 0.25) is 21.8 Å². The second-order valence-electron chi connectivity index (χ2n) is 9.19. The van der Waals surface area contributed by atoms with Gasteiger partial charge in [-0.25, -0.2) is 12.8 Å². The quantitative estimate of drug-likeness (QED) is 0.428. The van der Waals surface area contributed by atoms with Gasteiger partial charge in [0.05, 0.1) is 11.9 Å². The van der Waals surface area contributed by atoms with Crippen LogP contribution >= 0.6 is 0 Å². The number of carbonyl (C=O) groups excluding carboxylic acids is 2. The van der Waals surface area contributed by atoms with E-state index in [1.165, 1.54) is 21.3 Å². The van der Waals surface area contributed by atoms with E-state index in [2.05, 4.69) is 5.32 Å². The highest BCUT2D eigenvalue weighted by atomic mass is 32.2. The van der Waals surface area contributed by atoms with Crippen LogP contribution < -0.4 is 9.62 Å². The topological polar surface area (TPSA) is 86.8 Å². The number of sulfonamides is 1. The highest BCUT2D eigenvalue weighted by Crippen LogP contribution is 2.20. The molecule has 36 heavy (non-hydrogen) atoms. The van der Waals surface area contributed by atoms with Crippen molar-refractivity contribution < 1.29 is 22.4 Å². The number of anilines is 1. The van der Waals surface area contributed by atoms with Crippen molar-refractivity contribution in [2.75, 3.05) is 17.1 Å². The average molecular weight is 520 g/mol. The summed E-state index contributed by atoms with van der Waals surface area (Å²) in [6.45, 7) is 7.85. The number of hydrogen-bond acceptors (Lipinski definition) is 4. The first-order chi connectivity index (χ1) is 17.0. The Kier molecular flexibility index (Phi) is 10.9. The zero-order valence-electron chi connectivity index (χ0n) is 21.8. The van der Waals surface area contributed by atoms with E-state index in [1.807, 2.05) is 39.8 Å². The number of carbonyl (C=O) groups is 2. The Morgan fingerprint density at radius 1 is 0.972 bits per heavy atom. The molecule has 0 fully saturated rings. The number of aryl methyl sites for hydroxylation is 1. The fourth-order valence-electron chi connectivity index (χ4n) is 3.99. The molecule has 0 aliphatic heterocycles. The molecule has 0 heterocycles. The van der Waals surface area contributed by atoms with Crippen molar-refractivity contribution in [1.29, 1.82) is 0 Å². The first-order valence-corrected chi connectivity index (χ1v) is 14.2.